The molecule has 4 aromatic rings. The number of para-hydroxylation sites is 2. The van der Waals surface area contributed by atoms with Crippen molar-refractivity contribution in [1.82, 2.24) is 19.4 Å². The van der Waals surface area contributed by atoms with Gasteiger partial charge < -0.3 is 10.1 Å². The van der Waals surface area contributed by atoms with Crippen LogP contribution in [0.1, 0.15) is 40.2 Å². The van der Waals surface area contributed by atoms with Crippen molar-refractivity contribution in [2.75, 3.05) is 0 Å². The van der Waals surface area contributed by atoms with Gasteiger partial charge in [0.05, 0.1) is 39.0 Å². The number of H-pyrrole nitrogens is 1. The smallest absolute Gasteiger partial charge is 0.475 e. The molecule has 5 rings (SSSR count). The molecular weight excluding hydrogens is 706 g/mol. The SMILES string of the molecule is O=C(O)C(F)(F)F.O=C1CC(c2ccc(C[C@H](NS(=O)(=O)c3ccc(Cl)c(C(F)(F)F)c3)c3nc4ccccc4[nH]3)cc2)S(=O)(=O)N1. The number of amides is 1. The van der Waals surface area contributed by atoms with Gasteiger partial charge in [-0.05, 0) is 47.9 Å². The highest BCUT2D eigenvalue weighted by atomic mass is 35.5. The number of halogens is 7. The lowest BCUT2D eigenvalue weighted by Gasteiger charge is -2.18. The van der Waals surface area contributed by atoms with E-state index in [1.54, 1.807) is 36.4 Å². The number of carboxylic acids is 1. The van der Waals surface area contributed by atoms with Crippen molar-refractivity contribution >= 4 is 54.6 Å². The fourth-order valence-electron chi connectivity index (χ4n) is 4.43. The second-order valence-electron chi connectivity index (χ2n) is 9.96. The molecule has 1 amide bonds. The quantitative estimate of drug-likeness (QED) is 0.192. The van der Waals surface area contributed by atoms with Crippen LogP contribution in [0.3, 0.4) is 0 Å². The molecule has 1 aliphatic heterocycles. The Balaban J connectivity index is 0.000000644. The van der Waals surface area contributed by atoms with Crippen LogP contribution in [0, 0.1) is 0 Å². The summed E-state index contributed by atoms with van der Waals surface area (Å²) in [5.41, 5.74) is 0.822. The van der Waals surface area contributed by atoms with Gasteiger partial charge in [0.1, 0.15) is 11.1 Å². The van der Waals surface area contributed by atoms with Gasteiger partial charge >= 0.3 is 18.3 Å². The van der Waals surface area contributed by atoms with Crippen LogP contribution in [0.5, 0.6) is 0 Å². The van der Waals surface area contributed by atoms with Crippen LogP contribution in [0.4, 0.5) is 26.3 Å². The van der Waals surface area contributed by atoms with Crippen LogP contribution in [-0.2, 0) is 42.2 Å². The lowest BCUT2D eigenvalue weighted by Crippen LogP contribution is -2.31. The zero-order chi connectivity index (χ0) is 34.9. The van der Waals surface area contributed by atoms with Crippen molar-refractivity contribution in [3.63, 3.8) is 0 Å². The summed E-state index contributed by atoms with van der Waals surface area (Å²) in [6.45, 7) is 0. The van der Waals surface area contributed by atoms with Gasteiger partial charge in [0.25, 0.3) is 0 Å². The summed E-state index contributed by atoms with van der Waals surface area (Å²) in [4.78, 5) is 27.4. The number of carboxylic acid groups (broad SMARTS) is 1. The zero-order valence-electron chi connectivity index (χ0n) is 23.2. The molecule has 1 fully saturated rings. The first-order valence-electron chi connectivity index (χ1n) is 12.9. The number of rotatable bonds is 7. The van der Waals surface area contributed by atoms with E-state index in [0.717, 1.165) is 12.1 Å². The number of carbonyl (C=O) groups excluding carboxylic acids is 1. The van der Waals surface area contributed by atoms with E-state index >= 15 is 0 Å². The first kappa shape index (κ1) is 35.7. The van der Waals surface area contributed by atoms with Crippen molar-refractivity contribution in [2.24, 2.45) is 0 Å². The molecule has 1 saturated heterocycles. The molecule has 2 atom stereocenters. The van der Waals surface area contributed by atoms with E-state index in [4.69, 9.17) is 21.5 Å². The minimum atomic E-state index is -5.08. The predicted octanol–water partition coefficient (Wildman–Crippen LogP) is 5.02. The zero-order valence-corrected chi connectivity index (χ0v) is 25.6. The van der Waals surface area contributed by atoms with Crippen molar-refractivity contribution < 1.29 is 57.9 Å². The fraction of sp³-hybridized carbons (Fsp3) is 0.222. The number of benzene rings is 3. The van der Waals surface area contributed by atoms with E-state index in [0.29, 0.717) is 28.2 Å². The van der Waals surface area contributed by atoms with Gasteiger partial charge in [-0.15, -0.1) is 0 Å². The van der Waals surface area contributed by atoms with Gasteiger partial charge in [0, 0.05) is 0 Å². The Bertz CT molecular complexity index is 2000. The Morgan fingerprint density at radius 1 is 1.04 bits per heavy atom. The molecular formula is C27H21ClF6N4O7S2. The van der Waals surface area contributed by atoms with Gasteiger partial charge in [0.15, 0.2) is 0 Å². The third-order valence-electron chi connectivity index (χ3n) is 6.62. The molecule has 1 aromatic heterocycles. The molecule has 0 radical (unpaired) electrons. The van der Waals surface area contributed by atoms with Gasteiger partial charge in [-0.2, -0.15) is 26.3 Å². The number of carbonyl (C=O) groups is 2. The Kier molecular flexibility index (Phi) is 9.96. The van der Waals surface area contributed by atoms with Crippen molar-refractivity contribution in [2.45, 2.75) is 41.4 Å². The average Bonchev–Trinajstić information content (AvgIpc) is 3.51. The van der Waals surface area contributed by atoms with Crippen molar-refractivity contribution in [3.8, 4) is 0 Å². The maximum atomic E-state index is 13.4. The van der Waals surface area contributed by atoms with E-state index in [1.807, 2.05) is 4.72 Å². The third-order valence-corrected chi connectivity index (χ3v) is 10.1. The van der Waals surface area contributed by atoms with Crippen LogP contribution < -0.4 is 9.44 Å². The number of fused-ring (bicyclic) bond motifs is 1. The second-order valence-corrected chi connectivity index (χ2v) is 13.9. The first-order valence-corrected chi connectivity index (χ1v) is 16.4. The molecule has 0 saturated carbocycles. The highest BCUT2D eigenvalue weighted by Crippen LogP contribution is 2.36. The van der Waals surface area contributed by atoms with Gasteiger partial charge in [0.2, 0.25) is 26.0 Å². The molecule has 47 heavy (non-hydrogen) atoms. The number of aromatic amines is 1. The number of sulfonamides is 2. The molecule has 252 valence electrons. The molecule has 20 heteroatoms. The van der Waals surface area contributed by atoms with Crippen molar-refractivity contribution in [3.05, 3.63) is 94.3 Å². The number of nitrogens with one attached hydrogen (secondary N) is 3. The number of imidazole rings is 1. The van der Waals surface area contributed by atoms with Crippen LogP contribution in [-0.4, -0.2) is 50.0 Å². The summed E-state index contributed by atoms with van der Waals surface area (Å²) in [5, 5.41) is 5.44. The third kappa shape index (κ3) is 8.59. The number of hydrogen-bond acceptors (Lipinski definition) is 7. The largest absolute Gasteiger partial charge is 0.490 e. The van der Waals surface area contributed by atoms with Crippen LogP contribution in [0.2, 0.25) is 5.02 Å². The number of hydrogen-bond donors (Lipinski definition) is 4. The number of aromatic nitrogens is 2. The monoisotopic (exact) mass is 726 g/mol. The molecule has 3 aromatic carbocycles. The molecule has 11 nitrogen and oxygen atoms in total. The second kappa shape index (κ2) is 13.1. The molecule has 4 N–H and O–H groups in total. The maximum absolute atomic E-state index is 13.4. The number of aliphatic carboxylic acids is 1. The number of alkyl halides is 6. The average molecular weight is 727 g/mol. The van der Waals surface area contributed by atoms with E-state index in [1.165, 1.54) is 12.1 Å². The van der Waals surface area contributed by atoms with Crippen LogP contribution >= 0.6 is 11.6 Å². The topological polar surface area (TPSA) is 175 Å². The Morgan fingerprint density at radius 2 is 1.66 bits per heavy atom. The first-order chi connectivity index (χ1) is 21.7. The van der Waals surface area contributed by atoms with Gasteiger partial charge in [-0.3, -0.25) is 9.52 Å². The molecule has 1 unspecified atom stereocenters. The summed E-state index contributed by atoms with van der Waals surface area (Å²) in [6, 6.07) is 14.4. The fourth-order valence-corrected chi connectivity index (χ4v) is 7.31. The summed E-state index contributed by atoms with van der Waals surface area (Å²) in [7, 11) is -8.35. The van der Waals surface area contributed by atoms with Gasteiger partial charge in [-0.1, -0.05) is 48.0 Å². The standard InChI is InChI=1S/C25H20ClF3N4O5S2.C2HF3O2/c26-18-10-9-16(12-17(18)25(27,28)29)39(35,36)32-21(24-30-19-3-1-2-4-20(19)31-24)11-14-5-7-15(8-6-14)22-13-23(34)33-40(22,37)38;3-2(4,5)1(6)7/h1-10,12,21-22,32H,11,13H2,(H,30,31)(H,33,34);(H,6,7)/t21-,22?;/m0./s1. The Hall–Kier alpha value is -4.20. The summed E-state index contributed by atoms with van der Waals surface area (Å²) in [6.07, 6.45) is -10.2. The summed E-state index contributed by atoms with van der Waals surface area (Å²) >= 11 is 5.66. The molecule has 0 aliphatic carbocycles. The van der Waals surface area contributed by atoms with Gasteiger partial charge in [-0.25, -0.2) is 31.3 Å². The lowest BCUT2D eigenvalue weighted by molar-refractivity contribution is -0.192. The Labute approximate surface area is 267 Å². The van der Waals surface area contributed by atoms with Crippen LogP contribution in [0.15, 0.2) is 71.6 Å². The normalized spacial score (nSPS) is 17.1. The Morgan fingerprint density at radius 3 is 2.19 bits per heavy atom. The number of nitrogens with zero attached hydrogens (tertiary/aromatic N) is 1. The van der Waals surface area contributed by atoms with Crippen LogP contribution in [0.25, 0.3) is 11.0 Å². The molecule has 0 spiro atoms. The highest BCUT2D eigenvalue weighted by molar-refractivity contribution is 7.90. The van der Waals surface area contributed by atoms with E-state index in [2.05, 4.69) is 14.7 Å². The molecule has 0 bridgehead atoms. The van der Waals surface area contributed by atoms with E-state index < -0.39 is 71.0 Å². The highest BCUT2D eigenvalue weighted by Gasteiger charge is 2.39. The molecule has 2 heterocycles. The van der Waals surface area contributed by atoms with E-state index in [-0.39, 0.29) is 18.7 Å². The maximum Gasteiger partial charge on any atom is 0.490 e. The van der Waals surface area contributed by atoms with Crippen molar-refractivity contribution in [1.29, 1.82) is 0 Å². The predicted molar refractivity (Wildman–Crippen MR) is 154 cm³/mol. The summed E-state index contributed by atoms with van der Waals surface area (Å²) in [5.74, 6) is -3.15. The molecule has 1 aliphatic rings. The minimum Gasteiger partial charge on any atom is -0.475 e. The summed E-state index contributed by atoms with van der Waals surface area (Å²) < 4.78 is 127. The minimum absolute atomic E-state index is 0.00759. The van der Waals surface area contributed by atoms with E-state index in [9.17, 15) is 48.0 Å². The lowest BCUT2D eigenvalue weighted by atomic mass is 10.0.